The maximum atomic E-state index is 5.67. The van der Waals surface area contributed by atoms with Gasteiger partial charge in [-0.05, 0) is 35.7 Å². The molecule has 0 atom stereocenters. The van der Waals surface area contributed by atoms with E-state index in [1.165, 1.54) is 4.21 Å². The van der Waals surface area contributed by atoms with Crippen LogP contribution in [0.1, 0.15) is 5.56 Å². The highest BCUT2D eigenvalue weighted by Crippen LogP contribution is 2.23. The van der Waals surface area contributed by atoms with Crippen LogP contribution in [0.4, 0.5) is 0 Å². The van der Waals surface area contributed by atoms with Crippen LogP contribution in [-0.4, -0.2) is 18.9 Å². The summed E-state index contributed by atoms with van der Waals surface area (Å²) in [5.74, 6) is 7.64. The van der Waals surface area contributed by atoms with Gasteiger partial charge in [0.2, 0.25) is 0 Å². The van der Waals surface area contributed by atoms with Crippen LogP contribution in [0.2, 0.25) is 0 Å². The van der Waals surface area contributed by atoms with Crippen molar-refractivity contribution in [3.63, 3.8) is 0 Å². The van der Waals surface area contributed by atoms with E-state index in [1.54, 1.807) is 11.3 Å². The SMILES string of the molecule is NCC#Cc1ccc(OCCSc2cccs2)cc1. The zero-order valence-electron chi connectivity index (χ0n) is 10.5. The zero-order valence-corrected chi connectivity index (χ0v) is 12.1. The third-order valence-corrected chi connectivity index (χ3v) is 4.38. The van der Waals surface area contributed by atoms with E-state index in [0.717, 1.165) is 17.1 Å². The van der Waals surface area contributed by atoms with Crippen molar-refractivity contribution in [1.82, 2.24) is 0 Å². The molecule has 0 bridgehead atoms. The average Bonchev–Trinajstić information content (AvgIpc) is 2.96. The van der Waals surface area contributed by atoms with E-state index >= 15 is 0 Å². The fraction of sp³-hybridized carbons (Fsp3) is 0.200. The highest BCUT2D eigenvalue weighted by Gasteiger charge is 1.96. The van der Waals surface area contributed by atoms with Gasteiger partial charge in [0, 0.05) is 11.3 Å². The number of thiophene rings is 1. The fourth-order valence-corrected chi connectivity index (χ4v) is 3.11. The van der Waals surface area contributed by atoms with E-state index in [0.29, 0.717) is 13.2 Å². The quantitative estimate of drug-likeness (QED) is 0.521. The molecule has 1 heterocycles. The van der Waals surface area contributed by atoms with Crippen molar-refractivity contribution in [2.75, 3.05) is 18.9 Å². The lowest BCUT2D eigenvalue weighted by Crippen LogP contribution is -1.99. The Bertz CT molecular complexity index is 538. The minimum Gasteiger partial charge on any atom is -0.493 e. The van der Waals surface area contributed by atoms with Crippen molar-refractivity contribution in [3.05, 3.63) is 47.3 Å². The second-order valence-corrected chi connectivity index (χ2v) is 6.00. The van der Waals surface area contributed by atoms with Crippen molar-refractivity contribution in [3.8, 4) is 17.6 Å². The molecule has 0 radical (unpaired) electrons. The molecule has 19 heavy (non-hydrogen) atoms. The molecule has 1 aromatic carbocycles. The molecule has 0 amide bonds. The van der Waals surface area contributed by atoms with Gasteiger partial charge in [-0.15, -0.1) is 23.1 Å². The van der Waals surface area contributed by atoms with Crippen molar-refractivity contribution < 1.29 is 4.74 Å². The number of benzene rings is 1. The second kappa shape index (κ2) is 7.90. The largest absolute Gasteiger partial charge is 0.493 e. The standard InChI is InChI=1S/C15H15NOS2/c16-9-1-3-13-5-7-14(8-6-13)17-10-12-19-15-4-2-11-18-15/h2,4-8,11H,9-10,12,16H2. The topological polar surface area (TPSA) is 35.2 Å². The first-order valence-corrected chi connectivity index (χ1v) is 7.83. The predicted molar refractivity (Wildman–Crippen MR) is 82.9 cm³/mol. The van der Waals surface area contributed by atoms with Crippen molar-refractivity contribution in [2.45, 2.75) is 4.21 Å². The molecule has 4 heteroatoms. The first-order chi connectivity index (χ1) is 9.38. The molecule has 0 saturated heterocycles. The molecule has 0 aliphatic rings. The van der Waals surface area contributed by atoms with E-state index in [4.69, 9.17) is 10.5 Å². The second-order valence-electron chi connectivity index (χ2n) is 3.66. The Labute approximate surface area is 122 Å². The van der Waals surface area contributed by atoms with Crippen LogP contribution in [-0.2, 0) is 0 Å². The summed E-state index contributed by atoms with van der Waals surface area (Å²) < 4.78 is 7.00. The summed E-state index contributed by atoms with van der Waals surface area (Å²) in [6.45, 7) is 1.09. The van der Waals surface area contributed by atoms with E-state index in [1.807, 2.05) is 36.0 Å². The minimum absolute atomic E-state index is 0.387. The Kier molecular flexibility index (Phi) is 5.83. The number of nitrogens with two attached hydrogens (primary N) is 1. The molecule has 98 valence electrons. The summed E-state index contributed by atoms with van der Waals surface area (Å²) in [4.78, 5) is 0. The van der Waals surface area contributed by atoms with Crippen molar-refractivity contribution in [1.29, 1.82) is 0 Å². The molecule has 2 N–H and O–H groups in total. The predicted octanol–water partition coefficient (Wildman–Crippen LogP) is 3.23. The van der Waals surface area contributed by atoms with Crippen LogP contribution >= 0.6 is 23.1 Å². The summed E-state index contributed by atoms with van der Waals surface area (Å²) in [7, 11) is 0. The average molecular weight is 289 g/mol. The fourth-order valence-electron chi connectivity index (χ4n) is 1.43. The van der Waals surface area contributed by atoms with Crippen LogP contribution in [0.3, 0.4) is 0 Å². The van der Waals surface area contributed by atoms with Crippen LogP contribution < -0.4 is 10.5 Å². The number of hydrogen-bond acceptors (Lipinski definition) is 4. The van der Waals surface area contributed by atoms with Gasteiger partial charge in [-0.1, -0.05) is 17.9 Å². The summed E-state index contributed by atoms with van der Waals surface area (Å²) in [6, 6.07) is 12.0. The van der Waals surface area contributed by atoms with Gasteiger partial charge in [0.25, 0.3) is 0 Å². The molecule has 1 aromatic heterocycles. The lowest BCUT2D eigenvalue weighted by atomic mass is 10.2. The van der Waals surface area contributed by atoms with E-state index in [-0.39, 0.29) is 0 Å². The van der Waals surface area contributed by atoms with Crippen LogP contribution in [0.15, 0.2) is 46.0 Å². The van der Waals surface area contributed by atoms with Crippen LogP contribution in [0, 0.1) is 11.8 Å². The van der Waals surface area contributed by atoms with E-state index < -0.39 is 0 Å². The van der Waals surface area contributed by atoms with Gasteiger partial charge < -0.3 is 10.5 Å². The van der Waals surface area contributed by atoms with Gasteiger partial charge in [0.1, 0.15) is 5.75 Å². The summed E-state index contributed by atoms with van der Waals surface area (Å²) >= 11 is 3.58. The number of thioether (sulfide) groups is 1. The van der Waals surface area contributed by atoms with E-state index in [2.05, 4.69) is 29.4 Å². The minimum atomic E-state index is 0.387. The lowest BCUT2D eigenvalue weighted by molar-refractivity contribution is 0.344. The summed E-state index contributed by atoms with van der Waals surface area (Å²) in [5.41, 5.74) is 6.29. The van der Waals surface area contributed by atoms with Crippen molar-refractivity contribution >= 4 is 23.1 Å². The zero-order chi connectivity index (χ0) is 13.3. The maximum absolute atomic E-state index is 5.67. The Morgan fingerprint density at radius 1 is 1.21 bits per heavy atom. The number of hydrogen-bond donors (Lipinski definition) is 1. The van der Waals surface area contributed by atoms with Gasteiger partial charge in [0.05, 0.1) is 17.4 Å². The molecule has 2 aromatic rings. The third kappa shape index (κ3) is 4.99. The normalized spacial score (nSPS) is 9.74. The molecule has 0 spiro atoms. The third-order valence-electron chi connectivity index (χ3n) is 2.28. The highest BCUT2D eigenvalue weighted by atomic mass is 32.2. The Morgan fingerprint density at radius 2 is 2.05 bits per heavy atom. The molecule has 0 unspecified atom stereocenters. The summed E-state index contributed by atoms with van der Waals surface area (Å²) in [5, 5.41) is 2.09. The Morgan fingerprint density at radius 3 is 2.74 bits per heavy atom. The maximum Gasteiger partial charge on any atom is 0.119 e. The lowest BCUT2D eigenvalue weighted by Gasteiger charge is -2.05. The Hall–Kier alpha value is -1.41. The highest BCUT2D eigenvalue weighted by molar-refractivity contribution is 8.01. The molecule has 2 rings (SSSR count). The molecule has 0 aliphatic carbocycles. The first-order valence-electron chi connectivity index (χ1n) is 5.96. The smallest absolute Gasteiger partial charge is 0.119 e. The summed E-state index contributed by atoms with van der Waals surface area (Å²) in [6.07, 6.45) is 0. The number of rotatable bonds is 5. The molecule has 2 nitrogen and oxygen atoms in total. The molecule has 0 aliphatic heterocycles. The molecule has 0 fully saturated rings. The Balaban J connectivity index is 1.74. The van der Waals surface area contributed by atoms with Crippen LogP contribution in [0.25, 0.3) is 0 Å². The van der Waals surface area contributed by atoms with E-state index in [9.17, 15) is 0 Å². The van der Waals surface area contributed by atoms with Gasteiger partial charge in [-0.2, -0.15) is 0 Å². The number of ether oxygens (including phenoxy) is 1. The van der Waals surface area contributed by atoms with Gasteiger partial charge in [-0.25, -0.2) is 0 Å². The monoisotopic (exact) mass is 289 g/mol. The van der Waals surface area contributed by atoms with Gasteiger partial charge in [-0.3, -0.25) is 0 Å². The molecular weight excluding hydrogens is 274 g/mol. The molecule has 0 saturated carbocycles. The van der Waals surface area contributed by atoms with Gasteiger partial charge in [0.15, 0.2) is 0 Å². The van der Waals surface area contributed by atoms with Crippen LogP contribution in [0.5, 0.6) is 5.75 Å². The van der Waals surface area contributed by atoms with Gasteiger partial charge >= 0.3 is 0 Å². The van der Waals surface area contributed by atoms with Crippen molar-refractivity contribution in [2.24, 2.45) is 5.73 Å². The molecular formula is C15H15NOS2. The first kappa shape index (κ1) is 14.0.